The van der Waals surface area contributed by atoms with Crippen molar-refractivity contribution in [3.05, 3.63) is 23.9 Å². The Bertz CT molecular complexity index is 459. The van der Waals surface area contributed by atoms with E-state index < -0.39 is 12.8 Å². The Kier molecular flexibility index (Phi) is 4.74. The van der Waals surface area contributed by atoms with Gasteiger partial charge in [0.25, 0.3) is 5.91 Å². The van der Waals surface area contributed by atoms with E-state index in [1.54, 1.807) is 16.7 Å². The predicted molar refractivity (Wildman–Crippen MR) is 69.0 cm³/mol. The maximum atomic E-state index is 12.1. The molecule has 1 amide bonds. The first kappa shape index (κ1) is 15.0. The van der Waals surface area contributed by atoms with Gasteiger partial charge in [0.1, 0.15) is 0 Å². The third-order valence-electron chi connectivity index (χ3n) is 2.67. The van der Waals surface area contributed by atoms with Crippen LogP contribution in [0.2, 0.25) is 0 Å². The second kappa shape index (κ2) is 6.34. The summed E-state index contributed by atoms with van der Waals surface area (Å²) in [7, 11) is 0. The minimum absolute atomic E-state index is 0.145. The molecular weight excluding hydrogens is 293 g/mol. The van der Waals surface area contributed by atoms with Crippen molar-refractivity contribution in [2.75, 3.05) is 31.2 Å². The fourth-order valence-electron chi connectivity index (χ4n) is 1.70. The Morgan fingerprint density at radius 3 is 2.60 bits per heavy atom. The number of alkyl halides is 3. The van der Waals surface area contributed by atoms with Crippen LogP contribution in [0.4, 0.5) is 13.2 Å². The minimum Gasteiger partial charge on any atom is -0.468 e. The van der Waals surface area contributed by atoms with E-state index in [9.17, 15) is 18.0 Å². The number of thioether (sulfide) groups is 1. The van der Waals surface area contributed by atoms with E-state index in [1.807, 2.05) is 0 Å². The highest BCUT2D eigenvalue weighted by atomic mass is 32.2. The van der Waals surface area contributed by atoms with Crippen molar-refractivity contribution in [1.82, 2.24) is 9.88 Å². The van der Waals surface area contributed by atoms with Gasteiger partial charge >= 0.3 is 6.18 Å². The standard InChI is InChI=1S/C12H13F3N2O2S/c13-12(14,15)8-19-10-2-1-9(7-16-10)11(18)17-3-5-20-6-4-17/h1-2,7H,3-6,8H2. The Balaban J connectivity index is 1.95. The van der Waals surface area contributed by atoms with Crippen LogP contribution < -0.4 is 4.74 Å². The SMILES string of the molecule is O=C(c1ccc(OCC(F)(F)F)nc1)N1CCSCC1. The van der Waals surface area contributed by atoms with Gasteiger partial charge in [-0.1, -0.05) is 0 Å². The monoisotopic (exact) mass is 306 g/mol. The fraction of sp³-hybridized carbons (Fsp3) is 0.500. The van der Waals surface area contributed by atoms with Crippen molar-refractivity contribution in [3.8, 4) is 5.88 Å². The molecule has 0 spiro atoms. The number of pyridine rings is 1. The van der Waals surface area contributed by atoms with E-state index in [-0.39, 0.29) is 11.8 Å². The van der Waals surface area contributed by atoms with Crippen LogP contribution in [0.15, 0.2) is 18.3 Å². The number of nitrogens with zero attached hydrogens (tertiary/aromatic N) is 2. The van der Waals surface area contributed by atoms with Gasteiger partial charge in [-0.15, -0.1) is 0 Å². The quantitative estimate of drug-likeness (QED) is 0.859. The first-order valence-electron chi connectivity index (χ1n) is 5.98. The summed E-state index contributed by atoms with van der Waals surface area (Å²) in [4.78, 5) is 17.5. The lowest BCUT2D eigenvalue weighted by atomic mass is 10.2. The van der Waals surface area contributed by atoms with E-state index in [0.29, 0.717) is 18.7 Å². The van der Waals surface area contributed by atoms with Crippen molar-refractivity contribution < 1.29 is 22.7 Å². The zero-order chi connectivity index (χ0) is 14.6. The molecule has 0 atom stereocenters. The number of carbonyl (C=O) groups is 1. The molecule has 0 N–H and O–H groups in total. The molecule has 20 heavy (non-hydrogen) atoms. The number of hydrogen-bond donors (Lipinski definition) is 0. The second-order valence-electron chi connectivity index (χ2n) is 4.19. The van der Waals surface area contributed by atoms with E-state index in [2.05, 4.69) is 9.72 Å². The highest BCUT2D eigenvalue weighted by molar-refractivity contribution is 7.99. The largest absolute Gasteiger partial charge is 0.468 e. The molecule has 4 nitrogen and oxygen atoms in total. The lowest BCUT2D eigenvalue weighted by Gasteiger charge is -2.26. The number of amides is 1. The van der Waals surface area contributed by atoms with Gasteiger partial charge in [-0.05, 0) is 6.07 Å². The lowest BCUT2D eigenvalue weighted by molar-refractivity contribution is -0.154. The summed E-state index contributed by atoms with van der Waals surface area (Å²) in [5.41, 5.74) is 0.358. The van der Waals surface area contributed by atoms with Gasteiger partial charge < -0.3 is 9.64 Å². The Labute approximate surface area is 118 Å². The molecule has 110 valence electrons. The molecule has 0 bridgehead atoms. The molecule has 1 saturated heterocycles. The minimum atomic E-state index is -4.40. The summed E-state index contributed by atoms with van der Waals surface area (Å²) in [5.74, 6) is 1.49. The summed E-state index contributed by atoms with van der Waals surface area (Å²) in [6, 6.07) is 2.71. The highest BCUT2D eigenvalue weighted by Gasteiger charge is 2.28. The molecule has 0 aromatic carbocycles. The van der Waals surface area contributed by atoms with Crippen molar-refractivity contribution >= 4 is 17.7 Å². The predicted octanol–water partition coefficient (Wildman–Crippen LogP) is 2.21. The molecule has 0 saturated carbocycles. The van der Waals surface area contributed by atoms with E-state index in [4.69, 9.17) is 0 Å². The molecule has 0 unspecified atom stereocenters. The Morgan fingerprint density at radius 1 is 1.35 bits per heavy atom. The van der Waals surface area contributed by atoms with Crippen LogP contribution in [0.25, 0.3) is 0 Å². The molecule has 1 aromatic rings. The number of hydrogen-bond acceptors (Lipinski definition) is 4. The zero-order valence-corrected chi connectivity index (χ0v) is 11.3. The summed E-state index contributed by atoms with van der Waals surface area (Å²) in [5, 5.41) is 0. The maximum absolute atomic E-state index is 12.1. The van der Waals surface area contributed by atoms with Gasteiger partial charge in [0.05, 0.1) is 5.56 Å². The van der Waals surface area contributed by atoms with Crippen LogP contribution in [0.3, 0.4) is 0 Å². The Hall–Kier alpha value is -1.44. The van der Waals surface area contributed by atoms with Crippen molar-refractivity contribution in [2.45, 2.75) is 6.18 Å². The maximum Gasteiger partial charge on any atom is 0.422 e. The van der Waals surface area contributed by atoms with Crippen LogP contribution in [0, 0.1) is 0 Å². The Morgan fingerprint density at radius 2 is 2.05 bits per heavy atom. The van der Waals surface area contributed by atoms with E-state index in [0.717, 1.165) is 11.5 Å². The molecule has 2 rings (SSSR count). The zero-order valence-electron chi connectivity index (χ0n) is 10.5. The molecule has 1 aliphatic rings. The van der Waals surface area contributed by atoms with E-state index in [1.165, 1.54) is 18.3 Å². The van der Waals surface area contributed by atoms with Crippen molar-refractivity contribution in [2.24, 2.45) is 0 Å². The first-order valence-corrected chi connectivity index (χ1v) is 7.14. The highest BCUT2D eigenvalue weighted by Crippen LogP contribution is 2.18. The van der Waals surface area contributed by atoms with Crippen LogP contribution in [-0.4, -0.2) is 53.2 Å². The lowest BCUT2D eigenvalue weighted by Crippen LogP contribution is -2.37. The second-order valence-corrected chi connectivity index (χ2v) is 5.42. The molecule has 8 heteroatoms. The normalized spacial score (nSPS) is 16.1. The topological polar surface area (TPSA) is 42.4 Å². The molecule has 1 aliphatic heterocycles. The van der Waals surface area contributed by atoms with Crippen molar-refractivity contribution in [3.63, 3.8) is 0 Å². The molecule has 1 fully saturated rings. The van der Waals surface area contributed by atoms with E-state index >= 15 is 0 Å². The number of carbonyl (C=O) groups excluding carboxylic acids is 1. The van der Waals surface area contributed by atoms with Crippen LogP contribution in [0.5, 0.6) is 5.88 Å². The van der Waals surface area contributed by atoms with Crippen molar-refractivity contribution in [1.29, 1.82) is 0 Å². The number of rotatable bonds is 3. The summed E-state index contributed by atoms with van der Waals surface area (Å²) < 4.78 is 40.4. The van der Waals surface area contributed by atoms with Crippen LogP contribution >= 0.6 is 11.8 Å². The van der Waals surface area contributed by atoms with Gasteiger partial charge in [0.2, 0.25) is 5.88 Å². The van der Waals surface area contributed by atoms with Gasteiger partial charge in [-0.25, -0.2) is 4.98 Å². The first-order chi connectivity index (χ1) is 9.46. The fourth-order valence-corrected chi connectivity index (χ4v) is 2.60. The molecule has 1 aromatic heterocycles. The molecular formula is C12H13F3N2O2S. The number of aromatic nitrogens is 1. The van der Waals surface area contributed by atoms with Crippen LogP contribution in [-0.2, 0) is 0 Å². The van der Waals surface area contributed by atoms with Crippen LogP contribution in [0.1, 0.15) is 10.4 Å². The number of halogens is 3. The van der Waals surface area contributed by atoms with Gasteiger partial charge in [-0.2, -0.15) is 24.9 Å². The third kappa shape index (κ3) is 4.29. The molecule has 0 aliphatic carbocycles. The van der Waals surface area contributed by atoms with Gasteiger partial charge in [0.15, 0.2) is 6.61 Å². The summed E-state index contributed by atoms with van der Waals surface area (Å²) >= 11 is 1.79. The number of ether oxygens (including phenoxy) is 1. The average Bonchev–Trinajstić information content (AvgIpc) is 2.45. The van der Waals surface area contributed by atoms with Gasteiger partial charge in [-0.3, -0.25) is 4.79 Å². The van der Waals surface area contributed by atoms with Gasteiger partial charge in [0, 0.05) is 36.9 Å². The molecule has 0 radical (unpaired) electrons. The smallest absolute Gasteiger partial charge is 0.422 e. The molecule has 2 heterocycles. The summed E-state index contributed by atoms with van der Waals surface area (Å²) in [6.07, 6.45) is -3.16. The third-order valence-corrected chi connectivity index (χ3v) is 3.61. The summed E-state index contributed by atoms with van der Waals surface area (Å²) in [6.45, 7) is -0.0394. The average molecular weight is 306 g/mol.